The smallest absolute Gasteiger partial charge is 0.0767 e. The van der Waals surface area contributed by atoms with Crippen LogP contribution in [0.25, 0.3) is 0 Å². The molecule has 1 aromatic rings. The fraction of sp³-hybridized carbons (Fsp3) is 0.812. The molecule has 1 aliphatic carbocycles. The zero-order valence-corrected chi connectivity index (χ0v) is 14.9. The molecule has 1 aliphatic rings. The van der Waals surface area contributed by atoms with Crippen molar-refractivity contribution in [3.05, 3.63) is 15.9 Å². The van der Waals surface area contributed by atoms with Crippen LogP contribution in [0.1, 0.15) is 57.3 Å². The van der Waals surface area contributed by atoms with Crippen molar-refractivity contribution in [2.75, 3.05) is 7.05 Å². The van der Waals surface area contributed by atoms with Crippen LogP contribution in [0.3, 0.4) is 0 Å². The van der Waals surface area contributed by atoms with E-state index in [-0.39, 0.29) is 0 Å². The van der Waals surface area contributed by atoms with E-state index < -0.39 is 0 Å². The number of aryl methyl sites for hydroxylation is 2. The van der Waals surface area contributed by atoms with E-state index >= 15 is 0 Å². The second kappa shape index (κ2) is 7.08. The van der Waals surface area contributed by atoms with Gasteiger partial charge in [-0.25, -0.2) is 0 Å². The molecule has 0 bridgehead atoms. The lowest BCUT2D eigenvalue weighted by Crippen LogP contribution is -2.35. The summed E-state index contributed by atoms with van der Waals surface area (Å²) < 4.78 is 3.24. The van der Waals surface area contributed by atoms with Gasteiger partial charge in [-0.1, -0.05) is 20.3 Å². The second-order valence-corrected chi connectivity index (χ2v) is 6.98. The lowest BCUT2D eigenvalue weighted by molar-refractivity contribution is 0.154. The summed E-state index contributed by atoms with van der Waals surface area (Å²) >= 11 is 3.73. The predicted molar refractivity (Wildman–Crippen MR) is 87.8 cm³/mol. The van der Waals surface area contributed by atoms with E-state index in [1.807, 2.05) is 4.68 Å². The third kappa shape index (κ3) is 3.45. The minimum Gasteiger partial charge on any atom is -0.298 e. The first-order chi connectivity index (χ1) is 9.56. The third-order valence-corrected chi connectivity index (χ3v) is 5.83. The highest BCUT2D eigenvalue weighted by Crippen LogP contribution is 2.30. The molecule has 0 radical (unpaired) electrons. The Morgan fingerprint density at radius 2 is 1.90 bits per heavy atom. The summed E-state index contributed by atoms with van der Waals surface area (Å²) in [6.45, 7) is 5.48. The molecule has 1 aromatic heterocycles. The Balaban J connectivity index is 1.98. The molecule has 0 amide bonds. The fourth-order valence-corrected chi connectivity index (χ4v) is 4.09. The minimum absolute atomic E-state index is 0.740. The van der Waals surface area contributed by atoms with E-state index in [0.717, 1.165) is 24.9 Å². The van der Waals surface area contributed by atoms with Gasteiger partial charge in [-0.3, -0.25) is 9.58 Å². The third-order valence-electron chi connectivity index (χ3n) is 4.92. The summed E-state index contributed by atoms with van der Waals surface area (Å²) in [6, 6.07) is 0.740. The lowest BCUT2D eigenvalue weighted by Gasteiger charge is -2.34. The second-order valence-electron chi connectivity index (χ2n) is 6.18. The summed E-state index contributed by atoms with van der Waals surface area (Å²) in [5.74, 6) is 0.967. The quantitative estimate of drug-likeness (QED) is 0.802. The molecule has 0 unspecified atom stereocenters. The molecule has 1 fully saturated rings. The molecular weight excluding hydrogens is 314 g/mol. The predicted octanol–water partition coefficient (Wildman–Crippen LogP) is 4.15. The van der Waals surface area contributed by atoms with E-state index in [1.165, 1.54) is 48.0 Å². The summed E-state index contributed by atoms with van der Waals surface area (Å²) in [5, 5.41) is 4.60. The van der Waals surface area contributed by atoms with Crippen molar-refractivity contribution in [1.29, 1.82) is 0 Å². The molecule has 114 valence electrons. The number of aromatic nitrogens is 2. The molecule has 1 saturated carbocycles. The Labute approximate surface area is 131 Å². The SMILES string of the molecule is CCc1nn(C)c(CN(C)C2CCC(CC)CC2)c1Br. The zero-order chi connectivity index (χ0) is 14.7. The van der Waals surface area contributed by atoms with Gasteiger partial charge >= 0.3 is 0 Å². The molecule has 0 aliphatic heterocycles. The van der Waals surface area contributed by atoms with Gasteiger partial charge in [0.2, 0.25) is 0 Å². The Kier molecular flexibility index (Phi) is 5.67. The number of rotatable bonds is 5. The van der Waals surface area contributed by atoms with Crippen molar-refractivity contribution in [1.82, 2.24) is 14.7 Å². The maximum Gasteiger partial charge on any atom is 0.0767 e. The van der Waals surface area contributed by atoms with Crippen LogP contribution in [0.4, 0.5) is 0 Å². The first-order valence-electron chi connectivity index (χ1n) is 7.97. The summed E-state index contributed by atoms with van der Waals surface area (Å²) in [5.41, 5.74) is 2.48. The Morgan fingerprint density at radius 1 is 1.25 bits per heavy atom. The van der Waals surface area contributed by atoms with Crippen LogP contribution in [0, 0.1) is 5.92 Å². The highest BCUT2D eigenvalue weighted by molar-refractivity contribution is 9.10. The van der Waals surface area contributed by atoms with Crippen molar-refractivity contribution in [3.8, 4) is 0 Å². The maximum atomic E-state index is 4.60. The van der Waals surface area contributed by atoms with Gasteiger partial charge in [0.15, 0.2) is 0 Å². The van der Waals surface area contributed by atoms with E-state index in [2.05, 4.69) is 53.9 Å². The zero-order valence-electron chi connectivity index (χ0n) is 13.3. The van der Waals surface area contributed by atoms with Crippen molar-refractivity contribution in [2.45, 2.75) is 65.0 Å². The monoisotopic (exact) mass is 341 g/mol. The van der Waals surface area contributed by atoms with E-state index in [4.69, 9.17) is 0 Å². The largest absolute Gasteiger partial charge is 0.298 e. The molecule has 2 rings (SSSR count). The van der Waals surface area contributed by atoms with Crippen molar-refractivity contribution >= 4 is 15.9 Å². The number of hydrogen-bond donors (Lipinski definition) is 0. The van der Waals surface area contributed by atoms with Gasteiger partial charge in [-0.05, 0) is 61.0 Å². The van der Waals surface area contributed by atoms with Crippen LogP contribution in [-0.4, -0.2) is 27.8 Å². The molecule has 0 N–H and O–H groups in total. The maximum absolute atomic E-state index is 4.60. The van der Waals surface area contributed by atoms with Crippen LogP contribution in [0.2, 0.25) is 0 Å². The molecule has 0 spiro atoms. The molecule has 0 aromatic carbocycles. The van der Waals surface area contributed by atoms with Crippen molar-refractivity contribution in [2.24, 2.45) is 13.0 Å². The molecule has 3 nitrogen and oxygen atoms in total. The van der Waals surface area contributed by atoms with Crippen LogP contribution in [0.5, 0.6) is 0 Å². The Bertz CT molecular complexity index is 433. The van der Waals surface area contributed by atoms with Crippen LogP contribution >= 0.6 is 15.9 Å². The van der Waals surface area contributed by atoms with Crippen molar-refractivity contribution < 1.29 is 0 Å². The van der Waals surface area contributed by atoms with Crippen molar-refractivity contribution in [3.63, 3.8) is 0 Å². The van der Waals surface area contributed by atoms with Crippen LogP contribution in [0.15, 0.2) is 4.47 Å². The van der Waals surface area contributed by atoms with E-state index in [9.17, 15) is 0 Å². The molecule has 1 heterocycles. The number of nitrogens with zero attached hydrogens (tertiary/aromatic N) is 3. The van der Waals surface area contributed by atoms with Gasteiger partial charge in [0, 0.05) is 19.6 Å². The average Bonchev–Trinajstić information content (AvgIpc) is 2.74. The lowest BCUT2D eigenvalue weighted by atomic mass is 9.84. The first kappa shape index (κ1) is 16.0. The molecule has 0 atom stereocenters. The molecule has 4 heteroatoms. The van der Waals surface area contributed by atoms with Gasteiger partial charge in [0.05, 0.1) is 15.9 Å². The van der Waals surface area contributed by atoms with E-state index in [1.54, 1.807) is 0 Å². The highest BCUT2D eigenvalue weighted by atomic mass is 79.9. The van der Waals surface area contributed by atoms with E-state index in [0.29, 0.717) is 0 Å². The fourth-order valence-electron chi connectivity index (χ4n) is 3.35. The van der Waals surface area contributed by atoms with Crippen LogP contribution in [-0.2, 0) is 20.0 Å². The topological polar surface area (TPSA) is 21.1 Å². The first-order valence-corrected chi connectivity index (χ1v) is 8.76. The van der Waals surface area contributed by atoms with Crippen LogP contribution < -0.4 is 0 Å². The minimum atomic E-state index is 0.740. The Morgan fingerprint density at radius 3 is 2.40 bits per heavy atom. The number of hydrogen-bond acceptors (Lipinski definition) is 2. The molecule has 20 heavy (non-hydrogen) atoms. The van der Waals surface area contributed by atoms with Gasteiger partial charge < -0.3 is 0 Å². The molecular formula is C16H28BrN3. The van der Waals surface area contributed by atoms with Gasteiger partial charge in [-0.2, -0.15) is 5.10 Å². The normalized spacial score (nSPS) is 23.5. The number of halogens is 1. The standard InChI is InChI=1S/C16H28BrN3/c1-5-12-7-9-13(10-8-12)19(3)11-15-16(17)14(6-2)18-20(15)4/h12-13H,5-11H2,1-4H3. The average molecular weight is 342 g/mol. The summed E-state index contributed by atoms with van der Waals surface area (Å²) in [6.07, 6.45) is 7.84. The summed E-state index contributed by atoms with van der Waals surface area (Å²) in [7, 11) is 4.32. The Hall–Kier alpha value is -0.350. The van der Waals surface area contributed by atoms with Gasteiger partial charge in [0.1, 0.15) is 0 Å². The van der Waals surface area contributed by atoms with Gasteiger partial charge in [0.25, 0.3) is 0 Å². The summed E-state index contributed by atoms with van der Waals surface area (Å²) in [4.78, 5) is 2.52. The molecule has 0 saturated heterocycles. The van der Waals surface area contributed by atoms with Gasteiger partial charge in [-0.15, -0.1) is 0 Å². The highest BCUT2D eigenvalue weighted by Gasteiger charge is 2.24.